The SMILES string of the molecule is CCCN(CC1CC1)C(CN)c1ccncc1. The molecule has 1 aromatic heterocycles. The van der Waals surface area contributed by atoms with Gasteiger partial charge in [0.05, 0.1) is 0 Å². The topological polar surface area (TPSA) is 42.1 Å². The predicted molar refractivity (Wildman–Crippen MR) is 70.6 cm³/mol. The van der Waals surface area contributed by atoms with Crippen molar-refractivity contribution >= 4 is 0 Å². The molecule has 1 atom stereocenters. The normalized spacial score (nSPS) is 17.4. The summed E-state index contributed by atoms with van der Waals surface area (Å²) < 4.78 is 0. The molecule has 0 spiro atoms. The smallest absolute Gasteiger partial charge is 0.0471 e. The number of rotatable bonds is 7. The quantitative estimate of drug-likeness (QED) is 0.785. The standard InChI is InChI=1S/C14H23N3/c1-2-9-17(11-12-3-4-12)14(10-15)13-5-7-16-8-6-13/h5-8,12,14H,2-4,9-11,15H2,1H3. The Morgan fingerprint density at radius 2 is 2.12 bits per heavy atom. The Kier molecular flexibility index (Phi) is 4.51. The van der Waals surface area contributed by atoms with Crippen molar-refractivity contribution < 1.29 is 0 Å². The van der Waals surface area contributed by atoms with E-state index in [0.717, 1.165) is 12.5 Å². The molecule has 0 bridgehead atoms. The minimum atomic E-state index is 0.360. The van der Waals surface area contributed by atoms with Crippen LogP contribution in [0.15, 0.2) is 24.5 Å². The van der Waals surface area contributed by atoms with Crippen LogP contribution in [-0.2, 0) is 0 Å². The first-order valence-corrected chi connectivity index (χ1v) is 6.69. The van der Waals surface area contributed by atoms with E-state index in [0.29, 0.717) is 12.6 Å². The first-order chi connectivity index (χ1) is 8.35. The first-order valence-electron chi connectivity index (χ1n) is 6.69. The molecular formula is C14H23N3. The lowest BCUT2D eigenvalue weighted by atomic mass is 10.1. The summed E-state index contributed by atoms with van der Waals surface area (Å²) in [6, 6.07) is 4.54. The molecule has 0 amide bonds. The molecule has 1 aliphatic carbocycles. The van der Waals surface area contributed by atoms with Gasteiger partial charge in [-0.05, 0) is 49.4 Å². The van der Waals surface area contributed by atoms with E-state index < -0.39 is 0 Å². The zero-order valence-electron chi connectivity index (χ0n) is 10.7. The van der Waals surface area contributed by atoms with Gasteiger partial charge in [0, 0.05) is 31.5 Å². The Hall–Kier alpha value is -0.930. The van der Waals surface area contributed by atoms with Crippen molar-refractivity contribution in [2.45, 2.75) is 32.2 Å². The lowest BCUT2D eigenvalue weighted by Crippen LogP contribution is -2.35. The number of aromatic nitrogens is 1. The molecule has 2 N–H and O–H groups in total. The number of hydrogen-bond acceptors (Lipinski definition) is 3. The van der Waals surface area contributed by atoms with E-state index in [1.54, 1.807) is 0 Å². The van der Waals surface area contributed by atoms with Gasteiger partial charge >= 0.3 is 0 Å². The van der Waals surface area contributed by atoms with Crippen molar-refractivity contribution in [2.75, 3.05) is 19.6 Å². The molecule has 1 aromatic rings. The summed E-state index contributed by atoms with van der Waals surface area (Å²) in [5.74, 6) is 0.914. The fourth-order valence-electron chi connectivity index (χ4n) is 2.38. The van der Waals surface area contributed by atoms with Crippen LogP contribution in [0.25, 0.3) is 0 Å². The fraction of sp³-hybridized carbons (Fsp3) is 0.643. The highest BCUT2D eigenvalue weighted by Crippen LogP contribution is 2.32. The third kappa shape index (κ3) is 3.51. The monoisotopic (exact) mass is 233 g/mol. The van der Waals surface area contributed by atoms with Crippen LogP contribution < -0.4 is 5.73 Å². The summed E-state index contributed by atoms with van der Waals surface area (Å²) in [6.07, 6.45) is 7.70. The van der Waals surface area contributed by atoms with Crippen LogP contribution in [0.2, 0.25) is 0 Å². The van der Waals surface area contributed by atoms with Crippen LogP contribution in [0, 0.1) is 5.92 Å². The lowest BCUT2D eigenvalue weighted by molar-refractivity contribution is 0.193. The second-order valence-corrected chi connectivity index (χ2v) is 4.97. The average Bonchev–Trinajstić information content (AvgIpc) is 3.16. The van der Waals surface area contributed by atoms with Gasteiger partial charge < -0.3 is 5.73 Å². The maximum Gasteiger partial charge on any atom is 0.0471 e. The Morgan fingerprint density at radius 3 is 2.65 bits per heavy atom. The largest absolute Gasteiger partial charge is 0.329 e. The van der Waals surface area contributed by atoms with Crippen LogP contribution in [0.3, 0.4) is 0 Å². The van der Waals surface area contributed by atoms with Crippen molar-refractivity contribution in [2.24, 2.45) is 11.7 Å². The van der Waals surface area contributed by atoms with Crippen LogP contribution in [0.1, 0.15) is 37.8 Å². The van der Waals surface area contributed by atoms with Crippen LogP contribution in [-0.4, -0.2) is 29.5 Å². The van der Waals surface area contributed by atoms with Crippen molar-refractivity contribution in [3.63, 3.8) is 0 Å². The predicted octanol–water partition coefficient (Wildman–Crippen LogP) is 2.20. The second-order valence-electron chi connectivity index (χ2n) is 4.97. The number of nitrogens with zero attached hydrogens (tertiary/aromatic N) is 2. The molecule has 17 heavy (non-hydrogen) atoms. The number of hydrogen-bond donors (Lipinski definition) is 1. The Balaban J connectivity index is 2.07. The summed E-state index contributed by atoms with van der Waals surface area (Å²) >= 11 is 0. The zero-order chi connectivity index (χ0) is 12.1. The van der Waals surface area contributed by atoms with E-state index in [-0.39, 0.29) is 0 Å². The van der Waals surface area contributed by atoms with Crippen LogP contribution in [0.4, 0.5) is 0 Å². The molecule has 94 valence electrons. The maximum atomic E-state index is 5.97. The van der Waals surface area contributed by atoms with Crippen molar-refractivity contribution in [3.05, 3.63) is 30.1 Å². The highest BCUT2D eigenvalue weighted by molar-refractivity contribution is 5.15. The van der Waals surface area contributed by atoms with Gasteiger partial charge in [0.15, 0.2) is 0 Å². The Bertz CT molecular complexity index is 321. The molecule has 1 saturated carbocycles. The molecule has 0 radical (unpaired) electrons. The molecule has 1 heterocycles. The van der Waals surface area contributed by atoms with E-state index in [4.69, 9.17) is 5.73 Å². The van der Waals surface area contributed by atoms with E-state index in [2.05, 4.69) is 28.9 Å². The van der Waals surface area contributed by atoms with Gasteiger partial charge in [-0.3, -0.25) is 9.88 Å². The molecule has 2 rings (SSSR count). The van der Waals surface area contributed by atoms with Gasteiger partial charge in [-0.1, -0.05) is 6.92 Å². The first kappa shape index (κ1) is 12.5. The molecule has 1 unspecified atom stereocenters. The van der Waals surface area contributed by atoms with Gasteiger partial charge in [0.2, 0.25) is 0 Å². The summed E-state index contributed by atoms with van der Waals surface area (Å²) in [4.78, 5) is 6.63. The third-order valence-corrected chi connectivity index (χ3v) is 3.46. The maximum absolute atomic E-state index is 5.97. The number of pyridine rings is 1. The van der Waals surface area contributed by atoms with Crippen molar-refractivity contribution in [3.8, 4) is 0 Å². The molecular weight excluding hydrogens is 210 g/mol. The molecule has 0 aliphatic heterocycles. The number of nitrogens with two attached hydrogens (primary N) is 1. The molecule has 1 fully saturated rings. The molecule has 3 nitrogen and oxygen atoms in total. The van der Waals surface area contributed by atoms with Crippen LogP contribution >= 0.6 is 0 Å². The van der Waals surface area contributed by atoms with Crippen LogP contribution in [0.5, 0.6) is 0 Å². The third-order valence-electron chi connectivity index (χ3n) is 3.46. The van der Waals surface area contributed by atoms with E-state index >= 15 is 0 Å². The summed E-state index contributed by atoms with van der Waals surface area (Å²) in [6.45, 7) is 5.27. The fourth-order valence-corrected chi connectivity index (χ4v) is 2.38. The van der Waals surface area contributed by atoms with Gasteiger partial charge in [0.1, 0.15) is 0 Å². The zero-order valence-corrected chi connectivity index (χ0v) is 10.7. The van der Waals surface area contributed by atoms with E-state index in [1.807, 2.05) is 12.4 Å². The Morgan fingerprint density at radius 1 is 1.41 bits per heavy atom. The highest BCUT2D eigenvalue weighted by Gasteiger charge is 2.27. The molecule has 0 saturated heterocycles. The molecule has 0 aromatic carbocycles. The van der Waals surface area contributed by atoms with Gasteiger partial charge in [-0.25, -0.2) is 0 Å². The highest BCUT2D eigenvalue weighted by atomic mass is 15.2. The van der Waals surface area contributed by atoms with Crippen molar-refractivity contribution in [1.82, 2.24) is 9.88 Å². The van der Waals surface area contributed by atoms with E-state index in [9.17, 15) is 0 Å². The average molecular weight is 233 g/mol. The minimum Gasteiger partial charge on any atom is -0.329 e. The van der Waals surface area contributed by atoms with E-state index in [1.165, 1.54) is 31.4 Å². The summed E-state index contributed by atoms with van der Waals surface area (Å²) in [7, 11) is 0. The second kappa shape index (κ2) is 6.12. The van der Waals surface area contributed by atoms with Gasteiger partial charge in [-0.2, -0.15) is 0 Å². The van der Waals surface area contributed by atoms with Gasteiger partial charge in [0.25, 0.3) is 0 Å². The minimum absolute atomic E-state index is 0.360. The summed E-state index contributed by atoms with van der Waals surface area (Å²) in [5.41, 5.74) is 7.27. The summed E-state index contributed by atoms with van der Waals surface area (Å²) in [5, 5.41) is 0. The molecule has 1 aliphatic rings. The molecule has 3 heteroatoms. The van der Waals surface area contributed by atoms with Gasteiger partial charge in [-0.15, -0.1) is 0 Å². The lowest BCUT2D eigenvalue weighted by Gasteiger charge is -2.31. The van der Waals surface area contributed by atoms with Crippen molar-refractivity contribution in [1.29, 1.82) is 0 Å². The Labute approximate surface area is 104 Å².